The molecule has 0 amide bonds. The Hall–Kier alpha value is -0.810. The van der Waals surface area contributed by atoms with Crippen LogP contribution < -0.4 is 5.32 Å². The SMILES string of the molecule is CCOC(=O)C(c1cc(Cl)cc(Cl)c1)N1CCCNCC1. The van der Waals surface area contributed by atoms with Gasteiger partial charge in [-0.3, -0.25) is 4.90 Å². The van der Waals surface area contributed by atoms with Crippen molar-refractivity contribution in [2.24, 2.45) is 0 Å². The predicted octanol–water partition coefficient (Wildman–Crippen LogP) is 2.89. The predicted molar refractivity (Wildman–Crippen MR) is 84.9 cm³/mol. The van der Waals surface area contributed by atoms with Gasteiger partial charge >= 0.3 is 5.97 Å². The molecule has 0 spiro atoms. The molecule has 1 aliphatic heterocycles. The Morgan fingerprint density at radius 3 is 2.67 bits per heavy atom. The van der Waals surface area contributed by atoms with Gasteiger partial charge in [0.25, 0.3) is 0 Å². The summed E-state index contributed by atoms with van der Waals surface area (Å²) in [7, 11) is 0. The maximum Gasteiger partial charge on any atom is 0.328 e. The molecule has 0 aliphatic carbocycles. The average Bonchev–Trinajstić information content (AvgIpc) is 2.67. The number of rotatable bonds is 4. The second kappa shape index (κ2) is 7.99. The smallest absolute Gasteiger partial charge is 0.328 e. The zero-order valence-corrected chi connectivity index (χ0v) is 13.6. The topological polar surface area (TPSA) is 41.6 Å². The summed E-state index contributed by atoms with van der Waals surface area (Å²) in [6.07, 6.45) is 0.990. The van der Waals surface area contributed by atoms with Crippen molar-refractivity contribution < 1.29 is 9.53 Å². The Kier molecular flexibility index (Phi) is 6.30. The molecule has 1 N–H and O–H groups in total. The fourth-order valence-electron chi connectivity index (χ4n) is 2.58. The van der Waals surface area contributed by atoms with Crippen molar-refractivity contribution in [3.05, 3.63) is 33.8 Å². The summed E-state index contributed by atoms with van der Waals surface area (Å²) in [6, 6.07) is 4.78. The van der Waals surface area contributed by atoms with Crippen LogP contribution in [0.15, 0.2) is 18.2 Å². The van der Waals surface area contributed by atoms with Gasteiger partial charge in [-0.1, -0.05) is 23.2 Å². The van der Waals surface area contributed by atoms with E-state index in [1.807, 2.05) is 6.92 Å². The van der Waals surface area contributed by atoms with Crippen LogP contribution in [0.5, 0.6) is 0 Å². The molecule has 21 heavy (non-hydrogen) atoms. The minimum atomic E-state index is -0.457. The van der Waals surface area contributed by atoms with Crippen molar-refractivity contribution in [1.82, 2.24) is 10.2 Å². The molecule has 0 radical (unpaired) electrons. The van der Waals surface area contributed by atoms with Gasteiger partial charge in [0.15, 0.2) is 0 Å². The third-order valence-electron chi connectivity index (χ3n) is 3.45. The first-order valence-corrected chi connectivity index (χ1v) is 7.95. The molecule has 6 heteroatoms. The van der Waals surface area contributed by atoms with Gasteiger partial charge in [-0.05, 0) is 43.7 Å². The summed E-state index contributed by atoms with van der Waals surface area (Å²) in [5.41, 5.74) is 0.785. The zero-order chi connectivity index (χ0) is 15.2. The Balaban J connectivity index is 2.31. The molecule has 1 heterocycles. The van der Waals surface area contributed by atoms with Gasteiger partial charge in [0.2, 0.25) is 0 Å². The highest BCUT2D eigenvalue weighted by Crippen LogP contribution is 2.28. The molecule has 1 aromatic rings. The van der Waals surface area contributed by atoms with E-state index >= 15 is 0 Å². The van der Waals surface area contributed by atoms with Gasteiger partial charge in [-0.25, -0.2) is 4.79 Å². The molecular formula is C15H20Cl2N2O2. The molecule has 4 nitrogen and oxygen atoms in total. The van der Waals surface area contributed by atoms with Gasteiger partial charge < -0.3 is 10.1 Å². The van der Waals surface area contributed by atoms with Crippen LogP contribution in [0.4, 0.5) is 0 Å². The van der Waals surface area contributed by atoms with Crippen molar-refractivity contribution in [1.29, 1.82) is 0 Å². The normalized spacial score (nSPS) is 18.0. The summed E-state index contributed by atoms with van der Waals surface area (Å²) < 4.78 is 5.25. The van der Waals surface area contributed by atoms with Crippen LogP contribution in [0.1, 0.15) is 24.9 Å². The van der Waals surface area contributed by atoms with E-state index in [0.717, 1.165) is 38.2 Å². The second-order valence-electron chi connectivity index (χ2n) is 5.00. The van der Waals surface area contributed by atoms with Gasteiger partial charge in [-0.15, -0.1) is 0 Å². The van der Waals surface area contributed by atoms with Crippen molar-refractivity contribution in [3.8, 4) is 0 Å². The minimum Gasteiger partial charge on any atom is -0.465 e. The van der Waals surface area contributed by atoms with Gasteiger partial charge in [0.05, 0.1) is 6.61 Å². The quantitative estimate of drug-likeness (QED) is 0.862. The lowest BCUT2D eigenvalue weighted by molar-refractivity contribution is -0.149. The fraction of sp³-hybridized carbons (Fsp3) is 0.533. The summed E-state index contributed by atoms with van der Waals surface area (Å²) in [5.74, 6) is -0.252. The number of benzene rings is 1. The molecule has 1 aliphatic rings. The summed E-state index contributed by atoms with van der Waals surface area (Å²) >= 11 is 12.2. The van der Waals surface area contributed by atoms with Crippen LogP contribution in [0, 0.1) is 0 Å². The number of nitrogens with zero attached hydrogens (tertiary/aromatic N) is 1. The molecule has 0 bridgehead atoms. The zero-order valence-electron chi connectivity index (χ0n) is 12.1. The van der Waals surface area contributed by atoms with E-state index in [-0.39, 0.29) is 5.97 Å². The Bertz CT molecular complexity index is 468. The second-order valence-corrected chi connectivity index (χ2v) is 5.87. The average molecular weight is 331 g/mol. The van der Waals surface area contributed by atoms with Crippen LogP contribution in [0.25, 0.3) is 0 Å². The Morgan fingerprint density at radius 2 is 2.00 bits per heavy atom. The Labute approximate surface area is 135 Å². The Morgan fingerprint density at radius 1 is 1.29 bits per heavy atom. The number of nitrogens with one attached hydrogen (secondary N) is 1. The first-order valence-electron chi connectivity index (χ1n) is 7.19. The monoisotopic (exact) mass is 330 g/mol. The number of esters is 1. The summed E-state index contributed by atoms with van der Waals surface area (Å²) in [6.45, 7) is 5.60. The van der Waals surface area contributed by atoms with E-state index in [9.17, 15) is 4.79 Å². The van der Waals surface area contributed by atoms with Crippen LogP contribution >= 0.6 is 23.2 Å². The third-order valence-corrected chi connectivity index (χ3v) is 3.89. The number of carbonyl (C=O) groups excluding carboxylic acids is 1. The van der Waals surface area contributed by atoms with Crippen molar-refractivity contribution in [2.45, 2.75) is 19.4 Å². The van der Waals surface area contributed by atoms with E-state index < -0.39 is 6.04 Å². The van der Waals surface area contributed by atoms with Crippen molar-refractivity contribution in [3.63, 3.8) is 0 Å². The minimum absolute atomic E-state index is 0.252. The van der Waals surface area contributed by atoms with E-state index in [1.165, 1.54) is 0 Å². The molecule has 1 aromatic carbocycles. The lowest BCUT2D eigenvalue weighted by atomic mass is 10.0. The summed E-state index contributed by atoms with van der Waals surface area (Å²) in [4.78, 5) is 14.5. The van der Waals surface area contributed by atoms with Gasteiger partial charge in [-0.2, -0.15) is 0 Å². The highest BCUT2D eigenvalue weighted by molar-refractivity contribution is 6.34. The molecule has 1 fully saturated rings. The number of hydrogen-bond donors (Lipinski definition) is 1. The maximum atomic E-state index is 12.4. The van der Waals surface area contributed by atoms with Gasteiger partial charge in [0, 0.05) is 29.7 Å². The first-order chi connectivity index (χ1) is 10.1. The lowest BCUT2D eigenvalue weighted by Crippen LogP contribution is -2.37. The van der Waals surface area contributed by atoms with Crippen molar-refractivity contribution in [2.75, 3.05) is 32.8 Å². The highest BCUT2D eigenvalue weighted by Gasteiger charge is 2.29. The number of halogens is 2. The third kappa shape index (κ3) is 4.58. The standard InChI is InChI=1S/C15H20Cl2N2O2/c1-2-21-15(20)14(19-6-3-4-18-5-7-19)11-8-12(16)10-13(17)9-11/h8-10,14,18H,2-7H2,1H3. The number of ether oxygens (including phenoxy) is 1. The van der Waals surface area contributed by atoms with Gasteiger partial charge in [0.1, 0.15) is 6.04 Å². The molecule has 0 aromatic heterocycles. The molecule has 116 valence electrons. The van der Waals surface area contributed by atoms with Crippen LogP contribution in [0.3, 0.4) is 0 Å². The fourth-order valence-corrected chi connectivity index (χ4v) is 3.12. The van der Waals surface area contributed by atoms with E-state index in [0.29, 0.717) is 16.7 Å². The molecule has 2 rings (SSSR count). The van der Waals surface area contributed by atoms with E-state index in [4.69, 9.17) is 27.9 Å². The number of carbonyl (C=O) groups is 1. The van der Waals surface area contributed by atoms with Crippen LogP contribution in [-0.2, 0) is 9.53 Å². The molecule has 1 atom stereocenters. The van der Waals surface area contributed by atoms with Crippen molar-refractivity contribution >= 4 is 29.2 Å². The maximum absolute atomic E-state index is 12.4. The first kappa shape index (κ1) is 16.6. The van der Waals surface area contributed by atoms with E-state index in [1.54, 1.807) is 18.2 Å². The van der Waals surface area contributed by atoms with E-state index in [2.05, 4.69) is 10.2 Å². The molecular weight excluding hydrogens is 311 g/mol. The van der Waals surface area contributed by atoms with Crippen LogP contribution in [-0.4, -0.2) is 43.7 Å². The highest BCUT2D eigenvalue weighted by atomic mass is 35.5. The molecule has 0 saturated carbocycles. The summed E-state index contributed by atoms with van der Waals surface area (Å²) in [5, 5.41) is 4.39. The van der Waals surface area contributed by atoms with Crippen LogP contribution in [0.2, 0.25) is 10.0 Å². The molecule has 1 unspecified atom stereocenters. The molecule has 1 saturated heterocycles. The lowest BCUT2D eigenvalue weighted by Gasteiger charge is -2.29. The number of hydrogen-bond acceptors (Lipinski definition) is 4. The largest absolute Gasteiger partial charge is 0.465 e.